The predicted molar refractivity (Wildman–Crippen MR) is 68.1 cm³/mol. The van der Waals surface area contributed by atoms with Crippen molar-refractivity contribution in [1.29, 1.82) is 0 Å². The molecule has 0 bridgehead atoms. The summed E-state index contributed by atoms with van der Waals surface area (Å²) in [5, 5.41) is 2.62. The summed E-state index contributed by atoms with van der Waals surface area (Å²) in [7, 11) is 0. The lowest BCUT2D eigenvalue weighted by molar-refractivity contribution is -0.117. The van der Waals surface area contributed by atoms with Crippen molar-refractivity contribution >= 4 is 11.7 Å². The number of benzene rings is 1. The van der Waals surface area contributed by atoms with Crippen molar-refractivity contribution in [3.8, 4) is 0 Å². The highest BCUT2D eigenvalue weighted by atomic mass is 16.2. The first-order valence-electron chi connectivity index (χ1n) is 6.10. The van der Waals surface area contributed by atoms with Crippen molar-refractivity contribution in [1.82, 2.24) is 5.32 Å². The highest BCUT2D eigenvalue weighted by Gasteiger charge is 2.14. The second kappa shape index (κ2) is 6.84. The number of unbranched alkanes of at least 4 members (excludes halogenated alkanes) is 1. The van der Waals surface area contributed by atoms with Crippen molar-refractivity contribution in [2.45, 2.75) is 33.1 Å². The van der Waals surface area contributed by atoms with Gasteiger partial charge in [-0.1, -0.05) is 44.5 Å². The largest absolute Gasteiger partial charge is 0.349 e. The van der Waals surface area contributed by atoms with Gasteiger partial charge in [0.15, 0.2) is 0 Å². The summed E-state index contributed by atoms with van der Waals surface area (Å²) in [6, 6.07) is 7.18. The molecule has 1 amide bonds. The van der Waals surface area contributed by atoms with Gasteiger partial charge in [0.2, 0.25) is 5.78 Å². The monoisotopic (exact) mass is 233 g/mol. The SMILES string of the molecule is CCCCNC(=O)C(=O)c1ccc(CC)cc1. The first kappa shape index (κ1) is 13.4. The van der Waals surface area contributed by atoms with E-state index in [0.717, 1.165) is 24.8 Å². The van der Waals surface area contributed by atoms with Gasteiger partial charge in [-0.25, -0.2) is 0 Å². The van der Waals surface area contributed by atoms with Gasteiger partial charge in [0.05, 0.1) is 0 Å². The smallest absolute Gasteiger partial charge is 0.292 e. The maximum absolute atomic E-state index is 11.7. The van der Waals surface area contributed by atoms with Gasteiger partial charge >= 0.3 is 0 Å². The van der Waals surface area contributed by atoms with E-state index >= 15 is 0 Å². The standard InChI is InChI=1S/C14H19NO2/c1-3-5-10-15-14(17)13(16)12-8-6-11(4-2)7-9-12/h6-9H,3-5,10H2,1-2H3,(H,15,17). The van der Waals surface area contributed by atoms with Crippen LogP contribution in [0, 0.1) is 0 Å². The number of carbonyl (C=O) groups excluding carboxylic acids is 2. The summed E-state index contributed by atoms with van der Waals surface area (Å²) in [5.74, 6) is -0.966. The topological polar surface area (TPSA) is 46.2 Å². The van der Waals surface area contributed by atoms with Crippen molar-refractivity contribution in [2.24, 2.45) is 0 Å². The molecule has 0 heterocycles. The van der Waals surface area contributed by atoms with Crippen LogP contribution in [-0.4, -0.2) is 18.2 Å². The molecule has 0 saturated heterocycles. The van der Waals surface area contributed by atoms with Crippen LogP contribution in [-0.2, 0) is 11.2 Å². The van der Waals surface area contributed by atoms with Gasteiger partial charge in [-0.15, -0.1) is 0 Å². The predicted octanol–water partition coefficient (Wildman–Crippen LogP) is 2.35. The molecule has 0 saturated carbocycles. The minimum atomic E-state index is -0.511. The van der Waals surface area contributed by atoms with Gasteiger partial charge < -0.3 is 5.32 Å². The lowest BCUT2D eigenvalue weighted by atomic mass is 10.1. The molecule has 0 spiro atoms. The minimum absolute atomic E-state index is 0.455. The van der Waals surface area contributed by atoms with Crippen molar-refractivity contribution < 1.29 is 9.59 Å². The van der Waals surface area contributed by atoms with Gasteiger partial charge in [0.25, 0.3) is 5.91 Å². The molecule has 0 unspecified atom stereocenters. The number of hydrogen-bond acceptors (Lipinski definition) is 2. The summed E-state index contributed by atoms with van der Waals surface area (Å²) in [6.07, 6.45) is 2.82. The highest BCUT2D eigenvalue weighted by molar-refractivity contribution is 6.42. The Labute approximate surface area is 102 Å². The Bertz CT molecular complexity index is 382. The summed E-state index contributed by atoms with van der Waals surface area (Å²) in [5.41, 5.74) is 1.61. The molecule has 0 atom stereocenters. The molecule has 1 aromatic carbocycles. The van der Waals surface area contributed by atoms with Crippen LogP contribution in [0.5, 0.6) is 0 Å². The minimum Gasteiger partial charge on any atom is -0.349 e. The van der Waals surface area contributed by atoms with Crippen LogP contribution in [0.2, 0.25) is 0 Å². The molecule has 3 nitrogen and oxygen atoms in total. The summed E-state index contributed by atoms with van der Waals surface area (Å²) >= 11 is 0. The van der Waals surface area contributed by atoms with E-state index in [9.17, 15) is 9.59 Å². The Morgan fingerprint density at radius 1 is 1.12 bits per heavy atom. The fourth-order valence-corrected chi connectivity index (χ4v) is 1.48. The lowest BCUT2D eigenvalue weighted by Gasteiger charge is -2.04. The zero-order chi connectivity index (χ0) is 12.7. The normalized spacial score (nSPS) is 10.0. The van der Waals surface area contributed by atoms with Gasteiger partial charge in [-0.05, 0) is 18.4 Å². The Morgan fingerprint density at radius 3 is 2.29 bits per heavy atom. The molecule has 17 heavy (non-hydrogen) atoms. The fraction of sp³-hybridized carbons (Fsp3) is 0.429. The average Bonchev–Trinajstić information content (AvgIpc) is 2.38. The zero-order valence-corrected chi connectivity index (χ0v) is 10.5. The lowest BCUT2D eigenvalue weighted by Crippen LogP contribution is -2.31. The number of rotatable bonds is 6. The summed E-state index contributed by atoms with van der Waals surface area (Å²) in [6.45, 7) is 4.65. The van der Waals surface area contributed by atoms with E-state index in [2.05, 4.69) is 5.32 Å². The molecule has 0 fully saturated rings. The van der Waals surface area contributed by atoms with Gasteiger partial charge in [-0.2, -0.15) is 0 Å². The molecule has 0 aliphatic carbocycles. The van der Waals surface area contributed by atoms with E-state index in [1.807, 2.05) is 26.0 Å². The molecule has 0 aliphatic heterocycles. The third-order valence-corrected chi connectivity index (χ3v) is 2.65. The number of nitrogens with one attached hydrogen (secondary N) is 1. The second-order valence-corrected chi connectivity index (χ2v) is 3.99. The Kier molecular flexibility index (Phi) is 5.40. The highest BCUT2D eigenvalue weighted by Crippen LogP contribution is 2.05. The van der Waals surface area contributed by atoms with E-state index < -0.39 is 11.7 Å². The van der Waals surface area contributed by atoms with Crippen LogP contribution in [0.25, 0.3) is 0 Å². The van der Waals surface area contributed by atoms with E-state index in [1.165, 1.54) is 0 Å². The van der Waals surface area contributed by atoms with E-state index in [4.69, 9.17) is 0 Å². The molecular weight excluding hydrogens is 214 g/mol. The van der Waals surface area contributed by atoms with Crippen LogP contribution in [0.1, 0.15) is 42.6 Å². The van der Waals surface area contributed by atoms with Gasteiger partial charge in [0, 0.05) is 12.1 Å². The molecular formula is C14H19NO2. The molecule has 0 aliphatic rings. The van der Waals surface area contributed by atoms with E-state index in [0.29, 0.717) is 12.1 Å². The number of ketones is 1. The van der Waals surface area contributed by atoms with Crippen LogP contribution in [0.3, 0.4) is 0 Å². The quantitative estimate of drug-likeness (QED) is 0.466. The maximum atomic E-state index is 11.7. The fourth-order valence-electron chi connectivity index (χ4n) is 1.48. The van der Waals surface area contributed by atoms with Crippen molar-refractivity contribution in [3.63, 3.8) is 0 Å². The van der Waals surface area contributed by atoms with Crippen LogP contribution in [0.4, 0.5) is 0 Å². The number of carbonyl (C=O) groups is 2. The Hall–Kier alpha value is -1.64. The Morgan fingerprint density at radius 2 is 1.76 bits per heavy atom. The summed E-state index contributed by atoms with van der Waals surface area (Å²) in [4.78, 5) is 23.2. The van der Waals surface area contributed by atoms with Crippen LogP contribution < -0.4 is 5.32 Å². The zero-order valence-electron chi connectivity index (χ0n) is 10.5. The molecule has 3 heteroatoms. The number of hydrogen-bond donors (Lipinski definition) is 1. The number of amides is 1. The third-order valence-electron chi connectivity index (χ3n) is 2.65. The van der Waals surface area contributed by atoms with Crippen LogP contribution in [0.15, 0.2) is 24.3 Å². The average molecular weight is 233 g/mol. The van der Waals surface area contributed by atoms with E-state index in [1.54, 1.807) is 12.1 Å². The molecule has 1 N–H and O–H groups in total. The Balaban J connectivity index is 2.58. The van der Waals surface area contributed by atoms with Gasteiger partial charge in [0.1, 0.15) is 0 Å². The van der Waals surface area contributed by atoms with E-state index in [-0.39, 0.29) is 0 Å². The maximum Gasteiger partial charge on any atom is 0.292 e. The molecule has 92 valence electrons. The first-order chi connectivity index (χ1) is 8.19. The second-order valence-electron chi connectivity index (χ2n) is 3.99. The number of aryl methyl sites for hydroxylation is 1. The first-order valence-corrected chi connectivity index (χ1v) is 6.10. The molecule has 1 rings (SSSR count). The molecule has 0 aromatic heterocycles. The molecule has 0 radical (unpaired) electrons. The summed E-state index contributed by atoms with van der Waals surface area (Å²) < 4.78 is 0. The van der Waals surface area contributed by atoms with Crippen molar-refractivity contribution in [2.75, 3.05) is 6.54 Å². The van der Waals surface area contributed by atoms with Crippen molar-refractivity contribution in [3.05, 3.63) is 35.4 Å². The third kappa shape index (κ3) is 4.02. The van der Waals surface area contributed by atoms with Gasteiger partial charge in [-0.3, -0.25) is 9.59 Å². The number of Topliss-reactive ketones (excluding diaryl/α,β-unsaturated/α-hetero) is 1. The van der Waals surface area contributed by atoms with Crippen LogP contribution >= 0.6 is 0 Å². The molecule has 1 aromatic rings.